The number of carbonyl (C=O) groups is 1. The van der Waals surface area contributed by atoms with Crippen molar-refractivity contribution >= 4 is 39.5 Å². The van der Waals surface area contributed by atoms with Gasteiger partial charge in [-0.2, -0.15) is 0 Å². The van der Waals surface area contributed by atoms with Crippen molar-refractivity contribution in [1.29, 1.82) is 0 Å². The highest BCUT2D eigenvalue weighted by Gasteiger charge is 2.16. The minimum atomic E-state index is -1.21. The molecule has 1 aromatic heterocycles. The second-order valence-corrected chi connectivity index (χ2v) is 6.65. The molecule has 0 fully saturated rings. The van der Waals surface area contributed by atoms with Crippen molar-refractivity contribution in [2.24, 2.45) is 0 Å². The standard InChI is InChI=1S/C17H12FIN2O4/c18-13-7-11(19)6-5-10(13)8-21-16(24)12-3-1-2-4-14(12)20(17(21)25)9-15(22)23/h1-7H,8-9H2,(H,22,23). The molecule has 0 radical (unpaired) electrons. The summed E-state index contributed by atoms with van der Waals surface area (Å²) in [7, 11) is 0. The molecule has 3 aromatic rings. The summed E-state index contributed by atoms with van der Waals surface area (Å²) >= 11 is 1.96. The second kappa shape index (κ2) is 6.79. The topological polar surface area (TPSA) is 81.3 Å². The van der Waals surface area contributed by atoms with E-state index in [0.29, 0.717) is 3.57 Å². The third-order valence-electron chi connectivity index (χ3n) is 3.77. The Morgan fingerprint density at radius 1 is 1.12 bits per heavy atom. The number of aliphatic carboxylic acids is 1. The van der Waals surface area contributed by atoms with Crippen molar-refractivity contribution in [3.8, 4) is 0 Å². The normalized spacial score (nSPS) is 11.0. The Bertz CT molecular complexity index is 1100. The van der Waals surface area contributed by atoms with E-state index in [-0.39, 0.29) is 23.0 Å². The molecule has 0 aliphatic carbocycles. The molecule has 1 N–H and O–H groups in total. The summed E-state index contributed by atoms with van der Waals surface area (Å²) in [6.07, 6.45) is 0. The summed E-state index contributed by atoms with van der Waals surface area (Å²) in [5.41, 5.74) is -0.958. The molecule has 0 atom stereocenters. The summed E-state index contributed by atoms with van der Waals surface area (Å²) in [6, 6.07) is 10.7. The molecule has 0 spiro atoms. The summed E-state index contributed by atoms with van der Waals surface area (Å²) in [5, 5.41) is 9.27. The summed E-state index contributed by atoms with van der Waals surface area (Å²) < 4.78 is 16.7. The van der Waals surface area contributed by atoms with Gasteiger partial charge in [0, 0.05) is 9.13 Å². The molecule has 128 valence electrons. The predicted molar refractivity (Wildman–Crippen MR) is 98.3 cm³/mol. The number of fused-ring (bicyclic) bond motifs is 1. The van der Waals surface area contributed by atoms with Gasteiger partial charge in [0.2, 0.25) is 0 Å². The minimum Gasteiger partial charge on any atom is -0.480 e. The van der Waals surface area contributed by atoms with E-state index in [1.54, 1.807) is 18.2 Å². The van der Waals surface area contributed by atoms with E-state index in [0.717, 1.165) is 9.13 Å². The van der Waals surface area contributed by atoms with Gasteiger partial charge in [0.05, 0.1) is 17.4 Å². The number of para-hydroxylation sites is 1. The number of rotatable bonds is 4. The monoisotopic (exact) mass is 454 g/mol. The molecule has 0 amide bonds. The maximum atomic E-state index is 14.1. The SMILES string of the molecule is O=C(O)Cn1c(=O)n(Cc2ccc(I)cc2F)c(=O)c2ccccc21. The molecule has 0 bridgehead atoms. The van der Waals surface area contributed by atoms with Crippen molar-refractivity contribution in [3.63, 3.8) is 0 Å². The summed E-state index contributed by atoms with van der Waals surface area (Å²) in [4.78, 5) is 36.4. The molecule has 25 heavy (non-hydrogen) atoms. The third kappa shape index (κ3) is 3.34. The molecule has 1 heterocycles. The molecular formula is C17H12FIN2O4. The third-order valence-corrected chi connectivity index (χ3v) is 4.44. The van der Waals surface area contributed by atoms with Gasteiger partial charge in [-0.25, -0.2) is 9.18 Å². The molecule has 0 aliphatic heterocycles. The molecule has 0 aliphatic rings. The van der Waals surface area contributed by atoms with Crippen molar-refractivity contribution in [1.82, 2.24) is 9.13 Å². The molecule has 3 rings (SSSR count). The number of carboxylic acids is 1. The minimum absolute atomic E-state index is 0.178. The van der Waals surface area contributed by atoms with Crippen LogP contribution in [-0.4, -0.2) is 20.2 Å². The van der Waals surface area contributed by atoms with Gasteiger partial charge in [-0.3, -0.25) is 18.7 Å². The Balaban J connectivity index is 2.26. The Morgan fingerprint density at radius 2 is 1.84 bits per heavy atom. The second-order valence-electron chi connectivity index (χ2n) is 5.41. The quantitative estimate of drug-likeness (QED) is 0.613. The summed E-state index contributed by atoms with van der Waals surface area (Å²) in [5.74, 6) is -1.74. The predicted octanol–water partition coefficient (Wildman–Crippen LogP) is 2.04. The summed E-state index contributed by atoms with van der Waals surface area (Å²) in [6.45, 7) is -0.861. The first kappa shape index (κ1) is 17.3. The number of halogens is 2. The Hall–Kier alpha value is -2.49. The first-order valence-electron chi connectivity index (χ1n) is 7.26. The maximum absolute atomic E-state index is 14.1. The number of hydrogen-bond acceptors (Lipinski definition) is 3. The number of hydrogen-bond donors (Lipinski definition) is 1. The van der Waals surface area contributed by atoms with Crippen molar-refractivity contribution in [2.45, 2.75) is 13.1 Å². The van der Waals surface area contributed by atoms with Crippen LogP contribution in [0, 0.1) is 9.39 Å². The lowest BCUT2D eigenvalue weighted by Crippen LogP contribution is -2.41. The van der Waals surface area contributed by atoms with Gasteiger partial charge in [0.25, 0.3) is 5.56 Å². The van der Waals surface area contributed by atoms with Crippen LogP contribution >= 0.6 is 22.6 Å². The van der Waals surface area contributed by atoms with Gasteiger partial charge in [-0.1, -0.05) is 18.2 Å². The van der Waals surface area contributed by atoms with Crippen molar-refractivity contribution in [2.75, 3.05) is 0 Å². The number of benzene rings is 2. The zero-order valence-electron chi connectivity index (χ0n) is 12.8. The lowest BCUT2D eigenvalue weighted by molar-refractivity contribution is -0.137. The molecule has 8 heteroatoms. The van der Waals surface area contributed by atoms with Crippen LogP contribution in [0.4, 0.5) is 4.39 Å². The molecular weight excluding hydrogens is 442 g/mol. The van der Waals surface area contributed by atoms with Crippen LogP contribution in [-0.2, 0) is 17.9 Å². The maximum Gasteiger partial charge on any atom is 0.332 e. The highest BCUT2D eigenvalue weighted by molar-refractivity contribution is 14.1. The Labute approximate surface area is 154 Å². The van der Waals surface area contributed by atoms with Gasteiger partial charge in [0.15, 0.2) is 0 Å². The van der Waals surface area contributed by atoms with Crippen molar-refractivity contribution in [3.05, 3.63) is 78.3 Å². The van der Waals surface area contributed by atoms with E-state index in [1.807, 2.05) is 22.6 Å². The smallest absolute Gasteiger partial charge is 0.332 e. The van der Waals surface area contributed by atoms with Gasteiger partial charge in [0.1, 0.15) is 12.4 Å². The van der Waals surface area contributed by atoms with Gasteiger partial charge in [-0.15, -0.1) is 0 Å². The van der Waals surface area contributed by atoms with Gasteiger partial charge in [-0.05, 0) is 46.9 Å². The molecule has 0 saturated carbocycles. The fourth-order valence-electron chi connectivity index (χ4n) is 2.62. The number of aromatic nitrogens is 2. The molecule has 0 saturated heterocycles. The van der Waals surface area contributed by atoms with Crippen LogP contribution < -0.4 is 11.2 Å². The highest BCUT2D eigenvalue weighted by Crippen LogP contribution is 2.13. The highest BCUT2D eigenvalue weighted by atomic mass is 127. The van der Waals surface area contributed by atoms with Crippen molar-refractivity contribution < 1.29 is 14.3 Å². The fraction of sp³-hybridized carbons (Fsp3) is 0.118. The van der Waals surface area contributed by atoms with E-state index in [1.165, 1.54) is 24.3 Å². The zero-order valence-corrected chi connectivity index (χ0v) is 14.9. The number of carboxylic acid groups (broad SMARTS) is 1. The lowest BCUT2D eigenvalue weighted by atomic mass is 10.2. The van der Waals surface area contributed by atoms with Crippen LogP contribution in [0.15, 0.2) is 52.1 Å². The average Bonchev–Trinajstić information content (AvgIpc) is 2.57. The van der Waals surface area contributed by atoms with E-state index in [2.05, 4.69) is 0 Å². The molecule has 0 unspecified atom stereocenters. The van der Waals surface area contributed by atoms with Gasteiger partial charge >= 0.3 is 11.7 Å². The van der Waals surface area contributed by atoms with Crippen LogP contribution in [0.2, 0.25) is 0 Å². The van der Waals surface area contributed by atoms with E-state index in [9.17, 15) is 18.8 Å². The van der Waals surface area contributed by atoms with Crippen LogP contribution in [0.1, 0.15) is 5.56 Å². The fourth-order valence-corrected chi connectivity index (χ4v) is 3.07. The van der Waals surface area contributed by atoms with E-state index < -0.39 is 29.6 Å². The van der Waals surface area contributed by atoms with E-state index >= 15 is 0 Å². The van der Waals surface area contributed by atoms with E-state index in [4.69, 9.17) is 5.11 Å². The van der Waals surface area contributed by atoms with Crippen LogP contribution in [0.25, 0.3) is 10.9 Å². The van der Waals surface area contributed by atoms with Gasteiger partial charge < -0.3 is 5.11 Å². The largest absolute Gasteiger partial charge is 0.480 e. The number of nitrogens with zero attached hydrogens (tertiary/aromatic N) is 2. The average molecular weight is 454 g/mol. The molecule has 6 nitrogen and oxygen atoms in total. The Morgan fingerprint density at radius 3 is 2.52 bits per heavy atom. The Kier molecular flexibility index (Phi) is 4.71. The van der Waals surface area contributed by atoms with Crippen LogP contribution in [0.5, 0.6) is 0 Å². The first-order chi connectivity index (χ1) is 11.9. The molecule has 2 aromatic carbocycles. The van der Waals surface area contributed by atoms with Crippen LogP contribution in [0.3, 0.4) is 0 Å². The zero-order chi connectivity index (χ0) is 18.1. The first-order valence-corrected chi connectivity index (χ1v) is 8.34. The lowest BCUT2D eigenvalue weighted by Gasteiger charge is -2.13.